The summed E-state index contributed by atoms with van der Waals surface area (Å²) in [5.41, 5.74) is 0. The first kappa shape index (κ1) is 50.9. The summed E-state index contributed by atoms with van der Waals surface area (Å²) < 4.78 is 5.89. The Kier molecular flexibility index (Phi) is 40.1. The molecule has 0 aromatic carbocycles. The highest BCUT2D eigenvalue weighted by atomic mass is 16.5. The number of carbonyl (C=O) groups is 2. The molecule has 310 valence electrons. The summed E-state index contributed by atoms with van der Waals surface area (Å²) in [5, 5.41) is 23.6. The first-order valence-corrected chi connectivity index (χ1v) is 23.3. The van der Waals surface area contributed by atoms with Gasteiger partial charge < -0.3 is 20.3 Å². The minimum Gasteiger partial charge on any atom is -0.462 e. The molecule has 1 amide bonds. The van der Waals surface area contributed by atoms with Gasteiger partial charge in [-0.05, 0) is 25.7 Å². The molecule has 6 nitrogen and oxygen atoms in total. The normalized spacial score (nSPS) is 13.2. The van der Waals surface area contributed by atoms with Crippen LogP contribution >= 0.6 is 0 Å². The summed E-state index contributed by atoms with van der Waals surface area (Å²) in [7, 11) is 0. The van der Waals surface area contributed by atoms with Crippen molar-refractivity contribution in [3.63, 3.8) is 0 Å². The lowest BCUT2D eigenvalue weighted by Crippen LogP contribution is -2.46. The summed E-state index contributed by atoms with van der Waals surface area (Å²) >= 11 is 0. The van der Waals surface area contributed by atoms with Crippen molar-refractivity contribution in [3.8, 4) is 0 Å². The standard InChI is InChI=1S/C46H91NO5/c1-4-7-10-13-16-19-21-22-24-26-29-32-35-38-44(49)43(41-48)47-45(50)40-42(37-34-31-28-25-18-15-12-9-6-3)52-46(51)39-36-33-30-27-23-20-17-14-11-8-5-2/h42-44,48-49H,4-41H2,1-3H3,(H,47,50). The second-order valence-corrected chi connectivity index (χ2v) is 16.2. The predicted molar refractivity (Wildman–Crippen MR) is 223 cm³/mol. The first-order chi connectivity index (χ1) is 25.5. The van der Waals surface area contributed by atoms with Gasteiger partial charge in [0.05, 0.1) is 25.2 Å². The number of nitrogens with one attached hydrogen (secondary N) is 1. The molecule has 0 aliphatic carbocycles. The van der Waals surface area contributed by atoms with E-state index in [1.54, 1.807) is 0 Å². The van der Waals surface area contributed by atoms with Crippen molar-refractivity contribution in [3.05, 3.63) is 0 Å². The average Bonchev–Trinajstić information content (AvgIpc) is 3.13. The Morgan fingerprint density at radius 1 is 0.481 bits per heavy atom. The summed E-state index contributed by atoms with van der Waals surface area (Å²) in [6.45, 7) is 6.47. The van der Waals surface area contributed by atoms with Crippen LogP contribution in [0.25, 0.3) is 0 Å². The highest BCUT2D eigenvalue weighted by Crippen LogP contribution is 2.18. The number of aliphatic hydroxyl groups excluding tert-OH is 2. The molecular weight excluding hydrogens is 647 g/mol. The number of amides is 1. The van der Waals surface area contributed by atoms with E-state index in [0.717, 1.165) is 44.9 Å². The lowest BCUT2D eigenvalue weighted by Gasteiger charge is -2.24. The maximum absolute atomic E-state index is 13.1. The Labute approximate surface area is 324 Å². The van der Waals surface area contributed by atoms with E-state index < -0.39 is 18.2 Å². The van der Waals surface area contributed by atoms with Gasteiger partial charge in [0.25, 0.3) is 0 Å². The third-order valence-corrected chi connectivity index (χ3v) is 10.9. The summed E-state index contributed by atoms with van der Waals surface area (Å²) in [6.07, 6.45) is 41.6. The van der Waals surface area contributed by atoms with Crippen molar-refractivity contribution in [2.24, 2.45) is 0 Å². The Bertz CT molecular complexity index is 746. The minimum atomic E-state index is -0.777. The first-order valence-electron chi connectivity index (χ1n) is 23.3. The molecule has 0 radical (unpaired) electrons. The number of esters is 1. The van der Waals surface area contributed by atoms with E-state index >= 15 is 0 Å². The van der Waals surface area contributed by atoms with Crippen molar-refractivity contribution >= 4 is 11.9 Å². The zero-order valence-electron chi connectivity index (χ0n) is 35.2. The zero-order valence-corrected chi connectivity index (χ0v) is 35.2. The molecule has 0 aliphatic heterocycles. The van der Waals surface area contributed by atoms with Crippen LogP contribution in [-0.4, -0.2) is 46.9 Å². The van der Waals surface area contributed by atoms with Gasteiger partial charge in [-0.3, -0.25) is 9.59 Å². The fourth-order valence-corrected chi connectivity index (χ4v) is 7.37. The topological polar surface area (TPSA) is 95.9 Å². The molecule has 0 bridgehead atoms. The van der Waals surface area contributed by atoms with Gasteiger partial charge in [0, 0.05) is 6.42 Å². The Hall–Kier alpha value is -1.14. The average molecular weight is 738 g/mol. The van der Waals surface area contributed by atoms with Gasteiger partial charge in [-0.1, -0.05) is 220 Å². The molecule has 6 heteroatoms. The zero-order chi connectivity index (χ0) is 38.2. The van der Waals surface area contributed by atoms with Crippen LogP contribution in [0.5, 0.6) is 0 Å². The fourth-order valence-electron chi connectivity index (χ4n) is 7.37. The molecule has 3 N–H and O–H groups in total. The smallest absolute Gasteiger partial charge is 0.306 e. The number of carbonyl (C=O) groups excluding carboxylic acids is 2. The Balaban J connectivity index is 4.47. The fraction of sp³-hybridized carbons (Fsp3) is 0.957. The summed E-state index contributed by atoms with van der Waals surface area (Å²) in [6, 6.07) is -0.690. The van der Waals surface area contributed by atoms with Gasteiger partial charge in [-0.25, -0.2) is 0 Å². The number of hydrogen-bond donors (Lipinski definition) is 3. The van der Waals surface area contributed by atoms with Crippen LogP contribution in [0.4, 0.5) is 0 Å². The summed E-state index contributed by atoms with van der Waals surface area (Å²) in [5.74, 6) is -0.460. The van der Waals surface area contributed by atoms with Gasteiger partial charge in [0.2, 0.25) is 5.91 Å². The van der Waals surface area contributed by atoms with E-state index in [1.807, 2.05) is 0 Å². The van der Waals surface area contributed by atoms with E-state index in [1.165, 1.54) is 167 Å². The Morgan fingerprint density at radius 3 is 1.17 bits per heavy atom. The lowest BCUT2D eigenvalue weighted by molar-refractivity contribution is -0.151. The van der Waals surface area contributed by atoms with Gasteiger partial charge in [-0.15, -0.1) is 0 Å². The molecule has 0 fully saturated rings. The molecule has 3 atom stereocenters. The maximum Gasteiger partial charge on any atom is 0.306 e. The van der Waals surface area contributed by atoms with E-state index in [-0.39, 0.29) is 24.9 Å². The number of ether oxygens (including phenoxy) is 1. The molecule has 0 rings (SSSR count). The molecule has 3 unspecified atom stereocenters. The second kappa shape index (κ2) is 41.0. The van der Waals surface area contributed by atoms with Gasteiger partial charge in [0.1, 0.15) is 6.10 Å². The van der Waals surface area contributed by atoms with Crippen LogP contribution in [0.1, 0.15) is 258 Å². The quantitative estimate of drug-likeness (QED) is 0.0428. The number of rotatable bonds is 42. The molecule has 0 aliphatic rings. The van der Waals surface area contributed by atoms with E-state index in [2.05, 4.69) is 26.1 Å². The monoisotopic (exact) mass is 738 g/mol. The predicted octanol–water partition coefficient (Wildman–Crippen LogP) is 13.2. The highest BCUT2D eigenvalue weighted by Gasteiger charge is 2.24. The SMILES string of the molecule is CCCCCCCCCCCCCCCC(O)C(CO)NC(=O)CC(CCCCCCCCCCC)OC(=O)CCCCCCCCCCCCC. The van der Waals surface area contributed by atoms with E-state index in [0.29, 0.717) is 19.3 Å². The van der Waals surface area contributed by atoms with Crippen molar-refractivity contribution in [2.45, 2.75) is 277 Å². The van der Waals surface area contributed by atoms with Crippen molar-refractivity contribution < 1.29 is 24.5 Å². The third kappa shape index (κ3) is 35.9. The number of hydrogen-bond acceptors (Lipinski definition) is 5. The lowest BCUT2D eigenvalue weighted by atomic mass is 10.0. The second-order valence-electron chi connectivity index (χ2n) is 16.2. The Morgan fingerprint density at radius 2 is 0.808 bits per heavy atom. The molecule has 0 aromatic rings. The number of aliphatic hydroxyl groups is 2. The summed E-state index contributed by atoms with van der Waals surface area (Å²) in [4.78, 5) is 25.9. The van der Waals surface area contributed by atoms with Crippen LogP contribution in [0.3, 0.4) is 0 Å². The number of unbranched alkanes of at least 4 members (excludes halogenated alkanes) is 30. The van der Waals surface area contributed by atoms with Gasteiger partial charge >= 0.3 is 5.97 Å². The van der Waals surface area contributed by atoms with Gasteiger partial charge in [-0.2, -0.15) is 0 Å². The van der Waals surface area contributed by atoms with E-state index in [4.69, 9.17) is 4.74 Å². The van der Waals surface area contributed by atoms with Crippen LogP contribution in [0.2, 0.25) is 0 Å². The molecule has 0 saturated carbocycles. The highest BCUT2D eigenvalue weighted by molar-refractivity contribution is 5.77. The van der Waals surface area contributed by atoms with Crippen molar-refractivity contribution in [2.75, 3.05) is 6.61 Å². The van der Waals surface area contributed by atoms with E-state index in [9.17, 15) is 19.8 Å². The van der Waals surface area contributed by atoms with Crippen molar-refractivity contribution in [1.82, 2.24) is 5.32 Å². The van der Waals surface area contributed by atoms with Crippen LogP contribution in [-0.2, 0) is 14.3 Å². The molecule has 0 saturated heterocycles. The van der Waals surface area contributed by atoms with Gasteiger partial charge in [0.15, 0.2) is 0 Å². The van der Waals surface area contributed by atoms with Crippen LogP contribution in [0, 0.1) is 0 Å². The van der Waals surface area contributed by atoms with Crippen LogP contribution in [0.15, 0.2) is 0 Å². The third-order valence-electron chi connectivity index (χ3n) is 10.9. The molecule has 0 spiro atoms. The largest absolute Gasteiger partial charge is 0.462 e. The maximum atomic E-state index is 13.1. The van der Waals surface area contributed by atoms with Crippen LogP contribution < -0.4 is 5.32 Å². The molecule has 0 heterocycles. The molecular formula is C46H91NO5. The molecule has 52 heavy (non-hydrogen) atoms. The minimum absolute atomic E-state index is 0.0863. The molecule has 0 aromatic heterocycles. The van der Waals surface area contributed by atoms with Crippen molar-refractivity contribution in [1.29, 1.82) is 0 Å².